The van der Waals surface area contributed by atoms with Gasteiger partial charge in [0.25, 0.3) is 0 Å². The fourth-order valence-corrected chi connectivity index (χ4v) is 3.94. The predicted molar refractivity (Wildman–Crippen MR) is 116 cm³/mol. The molecule has 3 heterocycles. The van der Waals surface area contributed by atoms with Crippen LogP contribution in [0.3, 0.4) is 0 Å². The lowest BCUT2D eigenvalue weighted by Crippen LogP contribution is -2.26. The highest BCUT2D eigenvalue weighted by atomic mass is 35.5. The molecule has 9 heteroatoms. The molecule has 0 bridgehead atoms. The Morgan fingerprint density at radius 2 is 1.97 bits per heavy atom. The smallest absolute Gasteiger partial charge is 0.229 e. The van der Waals surface area contributed by atoms with Gasteiger partial charge in [0.15, 0.2) is 5.82 Å². The zero-order valence-corrected chi connectivity index (χ0v) is 17.8. The molecule has 7 nitrogen and oxygen atoms in total. The Bertz CT molecular complexity index is 1090. The Morgan fingerprint density at radius 1 is 1.23 bits per heavy atom. The summed E-state index contributed by atoms with van der Waals surface area (Å²) in [6.07, 6.45) is 0.273. The maximum absolute atomic E-state index is 14.5. The van der Waals surface area contributed by atoms with Crippen molar-refractivity contribution in [3.8, 4) is 11.3 Å². The van der Waals surface area contributed by atoms with Crippen LogP contribution in [0.2, 0.25) is 5.02 Å². The average Bonchev–Trinajstić information content (AvgIpc) is 3.37. The molecule has 31 heavy (non-hydrogen) atoms. The van der Waals surface area contributed by atoms with E-state index in [2.05, 4.69) is 25.6 Å². The van der Waals surface area contributed by atoms with E-state index < -0.39 is 23.8 Å². The molecule has 4 atom stereocenters. The molecular formula is C22H23ClFN5O2. The number of aliphatic hydroxyl groups excluding tert-OH is 1. The third kappa shape index (κ3) is 4.40. The Kier molecular flexibility index (Phi) is 5.93. The van der Waals surface area contributed by atoms with Gasteiger partial charge >= 0.3 is 0 Å². The molecule has 4 rings (SSSR count). The Morgan fingerprint density at radius 3 is 2.68 bits per heavy atom. The van der Waals surface area contributed by atoms with E-state index in [-0.39, 0.29) is 30.1 Å². The second kappa shape index (κ2) is 8.64. The number of aromatic nitrogens is 3. The molecule has 1 fully saturated rings. The first-order valence-electron chi connectivity index (χ1n) is 10.0. The Labute approximate surface area is 184 Å². The van der Waals surface area contributed by atoms with Gasteiger partial charge in [-0.25, -0.2) is 14.4 Å². The molecule has 1 aliphatic heterocycles. The van der Waals surface area contributed by atoms with Crippen molar-refractivity contribution in [2.24, 2.45) is 5.92 Å². The van der Waals surface area contributed by atoms with Crippen LogP contribution < -0.4 is 10.6 Å². The van der Waals surface area contributed by atoms with Crippen molar-refractivity contribution >= 4 is 23.5 Å². The average molecular weight is 444 g/mol. The van der Waals surface area contributed by atoms with E-state index in [1.807, 2.05) is 43.3 Å². The maximum atomic E-state index is 14.5. The number of hydrogen-bond acceptors (Lipinski definition) is 5. The normalized spacial score (nSPS) is 20.4. The molecule has 4 N–H and O–H groups in total. The number of benzene rings is 1. The van der Waals surface area contributed by atoms with E-state index in [4.69, 9.17) is 11.6 Å². The molecule has 162 valence electrons. The maximum Gasteiger partial charge on any atom is 0.229 e. The van der Waals surface area contributed by atoms with Gasteiger partial charge in [-0.2, -0.15) is 0 Å². The summed E-state index contributed by atoms with van der Waals surface area (Å²) in [5.41, 5.74) is 2.81. The summed E-state index contributed by atoms with van der Waals surface area (Å²) in [4.78, 5) is 23.9. The first kappa shape index (κ1) is 21.3. The first-order valence-corrected chi connectivity index (χ1v) is 10.4. The highest BCUT2D eigenvalue weighted by Gasteiger charge is 2.41. The third-order valence-corrected chi connectivity index (χ3v) is 5.84. The summed E-state index contributed by atoms with van der Waals surface area (Å²) in [6, 6.07) is 11.2. The summed E-state index contributed by atoms with van der Waals surface area (Å²) in [6.45, 7) is 3.78. The fourth-order valence-electron chi connectivity index (χ4n) is 3.82. The van der Waals surface area contributed by atoms with Crippen LogP contribution in [0.1, 0.15) is 37.2 Å². The summed E-state index contributed by atoms with van der Waals surface area (Å²) in [7, 11) is 0. The molecule has 1 saturated heterocycles. The van der Waals surface area contributed by atoms with E-state index in [9.17, 15) is 14.3 Å². The standard InChI is InChI=1S/C22H23ClFN5O2/c1-11(17-7-8-18(28-17)13-3-5-14(23)6-4-13)27-22-26-10-16(24)20(29-22)19-15(12(2)30)9-25-21(19)31/h3-8,10-12,15,19,28,30H,9H2,1-2H3,(H,25,31)(H,26,27,29)/t11?,12-,15-,19?/m1/s1. The number of hydrogen-bond donors (Lipinski definition) is 4. The predicted octanol–water partition coefficient (Wildman–Crippen LogP) is 3.65. The highest BCUT2D eigenvalue weighted by molar-refractivity contribution is 6.30. The molecule has 2 unspecified atom stereocenters. The number of carbonyl (C=O) groups excluding carboxylic acids is 1. The topological polar surface area (TPSA) is 103 Å². The number of nitrogens with one attached hydrogen (secondary N) is 3. The number of carbonyl (C=O) groups is 1. The molecule has 1 aliphatic rings. The zero-order chi connectivity index (χ0) is 22.1. The van der Waals surface area contributed by atoms with Gasteiger partial charge < -0.3 is 20.7 Å². The van der Waals surface area contributed by atoms with Crippen molar-refractivity contribution in [2.75, 3.05) is 11.9 Å². The van der Waals surface area contributed by atoms with Crippen molar-refractivity contribution in [2.45, 2.75) is 31.9 Å². The number of rotatable bonds is 6. The van der Waals surface area contributed by atoms with Crippen LogP contribution in [0.15, 0.2) is 42.6 Å². The number of anilines is 1. The number of amides is 1. The van der Waals surface area contributed by atoms with E-state index in [0.717, 1.165) is 23.1 Å². The van der Waals surface area contributed by atoms with Crippen molar-refractivity contribution in [1.82, 2.24) is 20.3 Å². The number of halogens is 2. The summed E-state index contributed by atoms with van der Waals surface area (Å²) in [5, 5.41) is 16.5. The minimum atomic E-state index is -0.860. The van der Waals surface area contributed by atoms with Crippen molar-refractivity contribution in [3.63, 3.8) is 0 Å². The van der Waals surface area contributed by atoms with Gasteiger partial charge in [0.05, 0.1) is 30.0 Å². The summed E-state index contributed by atoms with van der Waals surface area (Å²) < 4.78 is 14.5. The Hall–Kier alpha value is -2.97. The molecule has 3 aromatic rings. The van der Waals surface area contributed by atoms with Crippen LogP contribution in [0, 0.1) is 11.7 Å². The number of aliphatic hydroxyl groups is 1. The fraction of sp³-hybridized carbons (Fsp3) is 0.318. The minimum absolute atomic E-state index is 0.0149. The van der Waals surface area contributed by atoms with Crippen LogP contribution >= 0.6 is 11.6 Å². The van der Waals surface area contributed by atoms with Crippen LogP contribution in [0.25, 0.3) is 11.3 Å². The third-order valence-electron chi connectivity index (χ3n) is 5.58. The van der Waals surface area contributed by atoms with E-state index in [1.54, 1.807) is 6.92 Å². The SMILES string of the molecule is CC(Nc1ncc(F)c(C2C(=O)NC[C@@H]2[C@@H](C)O)n1)c1ccc(-c2ccc(Cl)cc2)[nH]1. The molecular weight excluding hydrogens is 421 g/mol. The lowest BCUT2D eigenvalue weighted by atomic mass is 9.88. The van der Waals surface area contributed by atoms with Crippen molar-refractivity contribution in [3.05, 3.63) is 64.8 Å². The van der Waals surface area contributed by atoms with E-state index in [1.165, 1.54) is 0 Å². The molecule has 2 aromatic heterocycles. The highest BCUT2D eigenvalue weighted by Crippen LogP contribution is 2.32. The second-order valence-corrected chi connectivity index (χ2v) is 8.19. The lowest BCUT2D eigenvalue weighted by Gasteiger charge is -2.20. The van der Waals surface area contributed by atoms with E-state index in [0.29, 0.717) is 5.02 Å². The molecule has 0 radical (unpaired) electrons. The zero-order valence-electron chi connectivity index (χ0n) is 17.1. The minimum Gasteiger partial charge on any atom is -0.393 e. The second-order valence-electron chi connectivity index (χ2n) is 7.75. The quantitative estimate of drug-likeness (QED) is 0.465. The van der Waals surface area contributed by atoms with Crippen molar-refractivity contribution < 1.29 is 14.3 Å². The van der Waals surface area contributed by atoms with E-state index >= 15 is 0 Å². The van der Waals surface area contributed by atoms with Gasteiger partial charge in [-0.3, -0.25) is 4.79 Å². The van der Waals surface area contributed by atoms with Crippen LogP contribution in [0.4, 0.5) is 10.3 Å². The molecule has 0 saturated carbocycles. The van der Waals surface area contributed by atoms with Gasteiger partial charge in [0.1, 0.15) is 0 Å². The monoisotopic (exact) mass is 443 g/mol. The van der Waals surface area contributed by atoms with Gasteiger partial charge in [-0.15, -0.1) is 0 Å². The summed E-state index contributed by atoms with van der Waals surface area (Å²) >= 11 is 5.95. The van der Waals surface area contributed by atoms with Gasteiger partial charge in [-0.05, 0) is 43.7 Å². The first-order chi connectivity index (χ1) is 14.8. The van der Waals surface area contributed by atoms with Crippen LogP contribution in [-0.2, 0) is 4.79 Å². The molecule has 1 amide bonds. The number of nitrogens with zero attached hydrogens (tertiary/aromatic N) is 2. The van der Waals surface area contributed by atoms with Crippen LogP contribution in [-0.4, -0.2) is 38.6 Å². The molecule has 0 spiro atoms. The van der Waals surface area contributed by atoms with Crippen LogP contribution in [0.5, 0.6) is 0 Å². The van der Waals surface area contributed by atoms with Gasteiger partial charge in [0.2, 0.25) is 11.9 Å². The summed E-state index contributed by atoms with van der Waals surface area (Å²) in [5.74, 6) is -2.13. The van der Waals surface area contributed by atoms with Gasteiger partial charge in [0, 0.05) is 28.9 Å². The number of H-pyrrole nitrogens is 1. The van der Waals surface area contributed by atoms with Gasteiger partial charge in [-0.1, -0.05) is 23.7 Å². The van der Waals surface area contributed by atoms with Crippen molar-refractivity contribution in [1.29, 1.82) is 0 Å². The number of aromatic amines is 1. The molecule has 0 aliphatic carbocycles. The largest absolute Gasteiger partial charge is 0.393 e. The lowest BCUT2D eigenvalue weighted by molar-refractivity contribution is -0.121. The molecule has 1 aromatic carbocycles. The Balaban J connectivity index is 1.54.